The van der Waals surface area contributed by atoms with Gasteiger partial charge in [0, 0.05) is 30.0 Å². The summed E-state index contributed by atoms with van der Waals surface area (Å²) in [7, 11) is 0. The third-order valence-corrected chi connectivity index (χ3v) is 5.38. The van der Waals surface area contributed by atoms with Gasteiger partial charge in [-0.25, -0.2) is 4.79 Å². The van der Waals surface area contributed by atoms with Crippen LogP contribution in [-0.4, -0.2) is 25.0 Å². The second-order valence-electron chi connectivity index (χ2n) is 7.64. The Kier molecular flexibility index (Phi) is 6.17. The molecule has 0 spiro atoms. The van der Waals surface area contributed by atoms with Gasteiger partial charge in [-0.15, -0.1) is 0 Å². The molecule has 1 heterocycles. The van der Waals surface area contributed by atoms with E-state index < -0.39 is 0 Å². The summed E-state index contributed by atoms with van der Waals surface area (Å²) in [4.78, 5) is 27.5. The van der Waals surface area contributed by atoms with Crippen molar-refractivity contribution in [2.75, 3.05) is 33.9 Å². The van der Waals surface area contributed by atoms with Crippen molar-refractivity contribution in [3.8, 4) is 0 Å². The summed E-state index contributed by atoms with van der Waals surface area (Å²) in [5.74, 6) is -0.190. The van der Waals surface area contributed by atoms with Crippen molar-refractivity contribution in [2.24, 2.45) is 0 Å². The van der Waals surface area contributed by atoms with E-state index in [0.29, 0.717) is 16.9 Å². The Bertz CT molecular complexity index is 1080. The molecule has 0 atom stereocenters. The number of anilines is 4. The molecule has 3 N–H and O–H groups in total. The van der Waals surface area contributed by atoms with E-state index in [9.17, 15) is 9.59 Å². The standard InChI is InChI=1S/C25H26N4O2/c1-18-9-5-6-12-21(18)27-25(31)28-22-17-20(13-14-23(22)29-15-7-8-16-29)26-24(30)19-10-3-2-4-11-19/h2-6,9-14,17H,7-8,15-16H2,1H3,(H,26,30)(H2,27,28,31). The van der Waals surface area contributed by atoms with Crippen LogP contribution in [0.25, 0.3) is 0 Å². The zero-order chi connectivity index (χ0) is 21.6. The molecule has 0 saturated carbocycles. The summed E-state index contributed by atoms with van der Waals surface area (Å²) in [6.07, 6.45) is 2.25. The number of nitrogens with one attached hydrogen (secondary N) is 3. The second kappa shape index (κ2) is 9.34. The van der Waals surface area contributed by atoms with E-state index in [4.69, 9.17) is 0 Å². The van der Waals surface area contributed by atoms with Crippen LogP contribution in [0.4, 0.5) is 27.5 Å². The highest BCUT2D eigenvalue weighted by Crippen LogP contribution is 2.32. The van der Waals surface area contributed by atoms with Crippen molar-refractivity contribution in [2.45, 2.75) is 19.8 Å². The predicted octanol–water partition coefficient (Wildman–Crippen LogP) is 5.49. The van der Waals surface area contributed by atoms with Crippen molar-refractivity contribution in [3.05, 3.63) is 83.9 Å². The van der Waals surface area contributed by atoms with Crippen LogP contribution in [0.5, 0.6) is 0 Å². The van der Waals surface area contributed by atoms with Crippen LogP contribution in [0.1, 0.15) is 28.8 Å². The van der Waals surface area contributed by atoms with Crippen molar-refractivity contribution < 1.29 is 9.59 Å². The molecule has 0 radical (unpaired) electrons. The number of aryl methyl sites for hydroxylation is 1. The molecule has 6 nitrogen and oxygen atoms in total. The maximum absolute atomic E-state index is 12.7. The van der Waals surface area contributed by atoms with Crippen molar-refractivity contribution in [1.29, 1.82) is 0 Å². The molecule has 31 heavy (non-hydrogen) atoms. The summed E-state index contributed by atoms with van der Waals surface area (Å²) in [5.41, 5.74) is 4.58. The first-order valence-corrected chi connectivity index (χ1v) is 10.5. The summed E-state index contributed by atoms with van der Waals surface area (Å²) in [6, 6.07) is 22.0. The average molecular weight is 415 g/mol. The molecule has 0 unspecified atom stereocenters. The SMILES string of the molecule is Cc1ccccc1NC(=O)Nc1cc(NC(=O)c2ccccc2)ccc1N1CCCC1. The minimum absolute atomic E-state index is 0.190. The molecule has 3 amide bonds. The van der Waals surface area contributed by atoms with Gasteiger partial charge in [0.1, 0.15) is 0 Å². The third-order valence-electron chi connectivity index (χ3n) is 5.38. The largest absolute Gasteiger partial charge is 0.370 e. The number of carbonyl (C=O) groups is 2. The number of carbonyl (C=O) groups excluding carboxylic acids is 2. The van der Waals surface area contributed by atoms with E-state index >= 15 is 0 Å². The minimum atomic E-state index is -0.318. The topological polar surface area (TPSA) is 73.5 Å². The molecular weight excluding hydrogens is 388 g/mol. The van der Waals surface area contributed by atoms with Crippen LogP contribution in [0.15, 0.2) is 72.8 Å². The third kappa shape index (κ3) is 5.04. The molecule has 6 heteroatoms. The molecule has 1 aliphatic heterocycles. The number of nitrogens with zero attached hydrogens (tertiary/aromatic N) is 1. The summed E-state index contributed by atoms with van der Waals surface area (Å²) < 4.78 is 0. The Hall–Kier alpha value is -3.80. The second-order valence-corrected chi connectivity index (χ2v) is 7.64. The van der Waals surface area contributed by atoms with Gasteiger partial charge in [0.05, 0.1) is 11.4 Å². The first-order chi connectivity index (χ1) is 15.1. The highest BCUT2D eigenvalue weighted by molar-refractivity contribution is 6.06. The lowest BCUT2D eigenvalue weighted by atomic mass is 10.2. The average Bonchev–Trinajstić information content (AvgIpc) is 3.31. The molecule has 1 aliphatic rings. The zero-order valence-electron chi connectivity index (χ0n) is 17.5. The van der Waals surface area contributed by atoms with Crippen LogP contribution in [0, 0.1) is 6.92 Å². The van der Waals surface area contributed by atoms with Crippen LogP contribution < -0.4 is 20.9 Å². The van der Waals surface area contributed by atoms with Gasteiger partial charge in [0.25, 0.3) is 5.91 Å². The van der Waals surface area contributed by atoms with Gasteiger partial charge in [0.2, 0.25) is 0 Å². The lowest BCUT2D eigenvalue weighted by Gasteiger charge is -2.23. The number of hydrogen-bond donors (Lipinski definition) is 3. The molecule has 0 bridgehead atoms. The van der Waals surface area contributed by atoms with Crippen molar-refractivity contribution in [3.63, 3.8) is 0 Å². The lowest BCUT2D eigenvalue weighted by molar-refractivity contribution is 0.102. The number of benzene rings is 3. The molecule has 3 aromatic carbocycles. The highest BCUT2D eigenvalue weighted by atomic mass is 16.2. The molecule has 0 aliphatic carbocycles. The smallest absolute Gasteiger partial charge is 0.323 e. The van der Waals surface area contributed by atoms with Gasteiger partial charge in [-0.05, 0) is 61.7 Å². The Morgan fingerprint density at radius 3 is 2.19 bits per heavy atom. The first kappa shape index (κ1) is 20.5. The molecule has 1 fully saturated rings. The van der Waals surface area contributed by atoms with Crippen LogP contribution >= 0.6 is 0 Å². The van der Waals surface area contributed by atoms with Crippen LogP contribution in [-0.2, 0) is 0 Å². The fraction of sp³-hybridized carbons (Fsp3) is 0.200. The van der Waals surface area contributed by atoms with Crippen LogP contribution in [0.3, 0.4) is 0 Å². The summed E-state index contributed by atoms with van der Waals surface area (Å²) >= 11 is 0. The highest BCUT2D eigenvalue weighted by Gasteiger charge is 2.18. The maximum Gasteiger partial charge on any atom is 0.323 e. The fourth-order valence-electron chi connectivity index (χ4n) is 3.73. The van der Waals surface area contributed by atoms with E-state index in [0.717, 1.165) is 42.9 Å². The maximum atomic E-state index is 12.7. The van der Waals surface area contributed by atoms with Crippen molar-refractivity contribution in [1.82, 2.24) is 0 Å². The van der Waals surface area contributed by atoms with Crippen molar-refractivity contribution >= 4 is 34.7 Å². The van der Waals surface area contributed by atoms with E-state index in [-0.39, 0.29) is 11.9 Å². The number of amides is 3. The normalized spacial score (nSPS) is 13.0. The fourth-order valence-corrected chi connectivity index (χ4v) is 3.73. The van der Waals surface area contributed by atoms with Gasteiger partial charge in [-0.3, -0.25) is 4.79 Å². The van der Waals surface area contributed by atoms with E-state index in [2.05, 4.69) is 20.9 Å². The van der Waals surface area contributed by atoms with Gasteiger partial charge in [-0.2, -0.15) is 0 Å². The Labute approximate surface area is 182 Å². The van der Waals surface area contributed by atoms with Gasteiger partial charge >= 0.3 is 6.03 Å². The van der Waals surface area contributed by atoms with E-state index in [1.54, 1.807) is 12.1 Å². The van der Waals surface area contributed by atoms with Gasteiger partial charge < -0.3 is 20.9 Å². The molecule has 0 aromatic heterocycles. The molecular formula is C25H26N4O2. The number of rotatable bonds is 5. The first-order valence-electron chi connectivity index (χ1n) is 10.5. The number of urea groups is 1. The Balaban J connectivity index is 1.55. The summed E-state index contributed by atoms with van der Waals surface area (Å²) in [5, 5.41) is 8.80. The number of para-hydroxylation sites is 1. The summed E-state index contributed by atoms with van der Waals surface area (Å²) in [6.45, 7) is 3.85. The molecule has 3 aromatic rings. The molecule has 4 rings (SSSR count). The molecule has 158 valence electrons. The quantitative estimate of drug-likeness (QED) is 0.517. The minimum Gasteiger partial charge on any atom is -0.370 e. The monoisotopic (exact) mass is 414 g/mol. The van der Waals surface area contributed by atoms with E-state index in [1.165, 1.54) is 0 Å². The molecule has 1 saturated heterocycles. The Morgan fingerprint density at radius 2 is 1.45 bits per heavy atom. The predicted molar refractivity (Wildman–Crippen MR) is 126 cm³/mol. The van der Waals surface area contributed by atoms with Crippen LogP contribution in [0.2, 0.25) is 0 Å². The zero-order valence-corrected chi connectivity index (χ0v) is 17.5. The van der Waals surface area contributed by atoms with E-state index in [1.807, 2.05) is 67.6 Å². The van der Waals surface area contributed by atoms with Gasteiger partial charge in [0.15, 0.2) is 0 Å². The number of hydrogen-bond acceptors (Lipinski definition) is 3. The van der Waals surface area contributed by atoms with Gasteiger partial charge in [-0.1, -0.05) is 36.4 Å². The lowest BCUT2D eigenvalue weighted by Crippen LogP contribution is -2.24. The Morgan fingerprint density at radius 1 is 0.774 bits per heavy atom.